The van der Waals surface area contributed by atoms with Crippen molar-refractivity contribution < 1.29 is 13.7 Å². The molecule has 2 aliphatic heterocycles. The average Bonchev–Trinajstić information content (AvgIpc) is 3.64. The van der Waals surface area contributed by atoms with Crippen molar-refractivity contribution in [2.45, 2.75) is 66.3 Å². The summed E-state index contributed by atoms with van der Waals surface area (Å²) < 4.78 is 25.2. The summed E-state index contributed by atoms with van der Waals surface area (Å²) >= 11 is 0. The second-order valence-corrected chi connectivity index (χ2v) is 8.45. The smallest absolute Gasteiger partial charge is 0.261 e. The van der Waals surface area contributed by atoms with Crippen LogP contribution in [0.25, 0.3) is 22.4 Å². The lowest BCUT2D eigenvalue weighted by Gasteiger charge is -2.22. The number of fused-ring (bicyclic) bond motifs is 1. The van der Waals surface area contributed by atoms with Crippen molar-refractivity contribution in [3.63, 3.8) is 0 Å². The lowest BCUT2D eigenvalue weighted by atomic mass is 10.00. The second kappa shape index (κ2) is 12.2. The van der Waals surface area contributed by atoms with Crippen LogP contribution in [0.15, 0.2) is 16.7 Å². The molecule has 3 aromatic rings. The highest BCUT2D eigenvalue weighted by atomic mass is 19.1. The predicted octanol–water partition coefficient (Wildman–Crippen LogP) is 5.22. The highest BCUT2D eigenvalue weighted by molar-refractivity contribution is 5.93. The molecule has 2 fully saturated rings. The maximum absolute atomic E-state index is 14.8. The van der Waals surface area contributed by atoms with Crippen LogP contribution in [0, 0.1) is 19.7 Å². The van der Waals surface area contributed by atoms with Gasteiger partial charge in [-0.15, -0.1) is 0 Å². The van der Waals surface area contributed by atoms with Gasteiger partial charge in [0.15, 0.2) is 5.82 Å². The van der Waals surface area contributed by atoms with Gasteiger partial charge >= 0.3 is 0 Å². The first-order valence-electron chi connectivity index (χ1n) is 12.4. The van der Waals surface area contributed by atoms with Crippen molar-refractivity contribution in [2.24, 2.45) is 0 Å². The Kier molecular flexibility index (Phi) is 9.36. The van der Waals surface area contributed by atoms with E-state index in [0.29, 0.717) is 29.1 Å². The molecule has 186 valence electrons. The minimum absolute atomic E-state index is 0.286. The van der Waals surface area contributed by atoms with Crippen molar-refractivity contribution >= 4 is 16.7 Å². The first kappa shape index (κ1) is 26.0. The van der Waals surface area contributed by atoms with Crippen LogP contribution in [-0.2, 0) is 11.2 Å². The third-order valence-corrected chi connectivity index (χ3v) is 6.22. The second-order valence-electron chi connectivity index (χ2n) is 8.45. The van der Waals surface area contributed by atoms with Crippen LogP contribution >= 0.6 is 0 Å². The molecule has 34 heavy (non-hydrogen) atoms. The lowest BCUT2D eigenvalue weighted by molar-refractivity contribution is 0.198. The highest BCUT2D eigenvalue weighted by Crippen LogP contribution is 2.38. The molecule has 1 N–H and O–H groups in total. The molecule has 2 saturated heterocycles. The quantitative estimate of drug-likeness (QED) is 0.559. The molecular weight excluding hydrogens is 433 g/mol. The van der Waals surface area contributed by atoms with Gasteiger partial charge < -0.3 is 19.5 Å². The Bertz CT molecular complexity index is 1070. The fourth-order valence-corrected chi connectivity index (χ4v) is 4.31. The van der Waals surface area contributed by atoms with Crippen molar-refractivity contribution in [3.05, 3.63) is 34.9 Å². The SMILES string of the molecule is C1CCOC1.CC.CCc1cc(F)c2nc(N3CCC(NC)C3)c(-c3nc(C)no3)c(C)c2c1. The van der Waals surface area contributed by atoms with E-state index >= 15 is 0 Å². The molecule has 8 heteroatoms. The summed E-state index contributed by atoms with van der Waals surface area (Å²) in [7, 11) is 1.96. The summed E-state index contributed by atoms with van der Waals surface area (Å²) in [6.45, 7) is 13.4. The molecule has 1 atom stereocenters. The number of aryl methyl sites for hydroxylation is 3. The maximum atomic E-state index is 14.8. The molecule has 2 aliphatic rings. The van der Waals surface area contributed by atoms with Crippen molar-refractivity contribution in [1.29, 1.82) is 0 Å². The molecule has 1 aromatic carbocycles. The number of pyridine rings is 1. The van der Waals surface area contributed by atoms with E-state index in [-0.39, 0.29) is 5.82 Å². The van der Waals surface area contributed by atoms with Gasteiger partial charge in [0, 0.05) is 37.7 Å². The maximum Gasteiger partial charge on any atom is 0.261 e. The molecule has 0 aliphatic carbocycles. The Labute approximate surface area is 202 Å². The first-order valence-corrected chi connectivity index (χ1v) is 12.4. The molecule has 0 bridgehead atoms. The molecule has 0 amide bonds. The van der Waals surface area contributed by atoms with E-state index in [2.05, 4.69) is 20.4 Å². The van der Waals surface area contributed by atoms with Crippen molar-refractivity contribution in [3.8, 4) is 11.5 Å². The van der Waals surface area contributed by atoms with Gasteiger partial charge in [-0.1, -0.05) is 25.9 Å². The third kappa shape index (κ3) is 5.73. The number of nitrogens with one attached hydrogen (secondary N) is 1. The summed E-state index contributed by atoms with van der Waals surface area (Å²) in [5, 5.41) is 8.05. The van der Waals surface area contributed by atoms with Crippen LogP contribution < -0.4 is 10.2 Å². The van der Waals surface area contributed by atoms with Crippen LogP contribution in [0.1, 0.15) is 57.0 Å². The predicted molar refractivity (Wildman–Crippen MR) is 135 cm³/mol. The van der Waals surface area contributed by atoms with Crippen molar-refractivity contribution in [1.82, 2.24) is 20.4 Å². The number of aromatic nitrogens is 3. The largest absolute Gasteiger partial charge is 0.381 e. The normalized spacial score (nSPS) is 17.4. The Balaban J connectivity index is 0.000000404. The monoisotopic (exact) mass is 471 g/mol. The first-order chi connectivity index (χ1) is 16.5. The molecule has 7 nitrogen and oxygen atoms in total. The minimum Gasteiger partial charge on any atom is -0.381 e. The van der Waals surface area contributed by atoms with Crippen LogP contribution in [0.3, 0.4) is 0 Å². The number of hydrogen-bond donors (Lipinski definition) is 1. The van der Waals surface area contributed by atoms with Gasteiger partial charge in [-0.2, -0.15) is 4.98 Å². The van der Waals surface area contributed by atoms with Gasteiger partial charge in [-0.3, -0.25) is 0 Å². The van der Waals surface area contributed by atoms with Gasteiger partial charge in [-0.25, -0.2) is 9.37 Å². The van der Waals surface area contributed by atoms with Gasteiger partial charge in [0.25, 0.3) is 5.89 Å². The minimum atomic E-state index is -0.286. The van der Waals surface area contributed by atoms with Crippen molar-refractivity contribution in [2.75, 3.05) is 38.3 Å². The summed E-state index contributed by atoms with van der Waals surface area (Å²) in [5.74, 6) is 1.43. The Hall–Kier alpha value is -2.58. The van der Waals surface area contributed by atoms with E-state index in [0.717, 1.165) is 61.2 Å². The van der Waals surface area contributed by atoms with Crippen LogP contribution in [0.4, 0.5) is 10.2 Å². The number of rotatable bonds is 4. The van der Waals surface area contributed by atoms with Crippen LogP contribution in [-0.4, -0.2) is 54.5 Å². The molecule has 5 rings (SSSR count). The van der Waals surface area contributed by atoms with E-state index in [1.54, 1.807) is 13.0 Å². The Morgan fingerprint density at radius 1 is 1.15 bits per heavy atom. The van der Waals surface area contributed by atoms with E-state index in [9.17, 15) is 4.39 Å². The summed E-state index contributed by atoms with van der Waals surface area (Å²) in [6, 6.07) is 3.97. The van der Waals surface area contributed by atoms with Gasteiger partial charge in [0.1, 0.15) is 17.2 Å². The summed E-state index contributed by atoms with van der Waals surface area (Å²) in [5.41, 5.74) is 3.06. The lowest BCUT2D eigenvalue weighted by Crippen LogP contribution is -2.30. The number of likely N-dealkylation sites (N-methyl/N-ethyl adjacent to an activating group) is 1. The number of halogens is 1. The fourth-order valence-electron chi connectivity index (χ4n) is 4.31. The summed E-state index contributed by atoms with van der Waals surface area (Å²) in [4.78, 5) is 11.3. The molecule has 1 unspecified atom stereocenters. The number of anilines is 1. The number of benzene rings is 1. The molecular formula is C26H38FN5O2. The highest BCUT2D eigenvalue weighted by Gasteiger charge is 2.29. The number of hydrogen-bond acceptors (Lipinski definition) is 7. The fraction of sp³-hybridized carbons (Fsp3) is 0.577. The zero-order valence-electron chi connectivity index (χ0n) is 21.4. The van der Waals surface area contributed by atoms with Crippen LogP contribution in [0.2, 0.25) is 0 Å². The van der Waals surface area contributed by atoms with Gasteiger partial charge in [-0.05, 0) is 69.8 Å². The molecule has 0 radical (unpaired) electrons. The van der Waals surface area contributed by atoms with E-state index in [1.165, 1.54) is 12.8 Å². The van der Waals surface area contributed by atoms with Crippen LogP contribution in [0.5, 0.6) is 0 Å². The summed E-state index contributed by atoms with van der Waals surface area (Å²) in [6.07, 6.45) is 4.33. The van der Waals surface area contributed by atoms with E-state index in [4.69, 9.17) is 14.2 Å². The standard InChI is InChI=1S/C20H24FN5O.C4H8O.C2H6/c1-5-13-8-15-11(2)17(20-23-12(3)25-27-20)19(24-18(15)16(21)9-13)26-7-6-14(10-26)22-4;1-2-4-5-3-1;1-2/h8-9,14,22H,5-7,10H2,1-4H3;1-4H2;1-2H3. The number of ether oxygens (including phenoxy) is 1. The zero-order valence-corrected chi connectivity index (χ0v) is 21.4. The average molecular weight is 472 g/mol. The topological polar surface area (TPSA) is 76.3 Å². The number of nitrogens with zero attached hydrogens (tertiary/aromatic N) is 4. The molecule has 4 heterocycles. The van der Waals surface area contributed by atoms with Gasteiger partial charge in [0.2, 0.25) is 0 Å². The third-order valence-electron chi connectivity index (χ3n) is 6.22. The van der Waals surface area contributed by atoms with Gasteiger partial charge in [0.05, 0.1) is 5.56 Å². The Morgan fingerprint density at radius 2 is 1.88 bits per heavy atom. The molecule has 2 aromatic heterocycles. The van der Waals surface area contributed by atoms with E-state index in [1.807, 2.05) is 40.8 Å². The molecule has 0 saturated carbocycles. The Morgan fingerprint density at radius 3 is 2.41 bits per heavy atom. The zero-order chi connectivity index (χ0) is 24.7. The van der Waals surface area contributed by atoms with E-state index < -0.39 is 0 Å². The molecule has 0 spiro atoms.